The molecule has 8 nitrogen and oxygen atoms in total. The predicted molar refractivity (Wildman–Crippen MR) is 82.3 cm³/mol. The van der Waals surface area contributed by atoms with Gasteiger partial charge in [-0.15, -0.1) is 0 Å². The maximum atomic E-state index is 11.3. The van der Waals surface area contributed by atoms with Gasteiger partial charge in [0.15, 0.2) is 5.78 Å². The van der Waals surface area contributed by atoms with Crippen molar-refractivity contribution < 1.29 is 14.6 Å². The maximum absolute atomic E-state index is 11.3. The summed E-state index contributed by atoms with van der Waals surface area (Å²) < 4.78 is 1.74. The van der Waals surface area contributed by atoms with Gasteiger partial charge in [0.25, 0.3) is 11.4 Å². The summed E-state index contributed by atoms with van der Waals surface area (Å²) in [7, 11) is 0. The van der Waals surface area contributed by atoms with Crippen molar-refractivity contribution in [3.63, 3.8) is 0 Å². The van der Waals surface area contributed by atoms with Crippen LogP contribution in [0.15, 0.2) is 36.5 Å². The molecule has 1 fully saturated rings. The Morgan fingerprint density at radius 3 is 2.48 bits per heavy atom. The van der Waals surface area contributed by atoms with Gasteiger partial charge in [0.1, 0.15) is 0 Å². The van der Waals surface area contributed by atoms with Crippen molar-refractivity contribution in [2.45, 2.75) is 25.3 Å². The zero-order valence-corrected chi connectivity index (χ0v) is 12.3. The summed E-state index contributed by atoms with van der Waals surface area (Å²) in [6, 6.07) is 4.06. The number of carbonyl (C=O) groups excluding carboxylic acids is 1. The van der Waals surface area contributed by atoms with Gasteiger partial charge >= 0.3 is 0 Å². The van der Waals surface area contributed by atoms with Crippen molar-refractivity contribution in [1.82, 2.24) is 4.57 Å². The second-order valence-corrected chi connectivity index (χ2v) is 5.65. The van der Waals surface area contributed by atoms with Crippen LogP contribution in [0, 0.1) is 20.2 Å². The number of aromatic nitrogens is 1. The third-order valence-corrected chi connectivity index (χ3v) is 4.04. The van der Waals surface area contributed by atoms with Crippen LogP contribution in [0.4, 0.5) is 11.4 Å². The number of non-ortho nitro benzene ring substituents is 1. The molecule has 0 unspecified atom stereocenters. The number of benzene rings is 1. The minimum Gasteiger partial charge on any atom is -0.331 e. The second-order valence-electron chi connectivity index (χ2n) is 5.65. The van der Waals surface area contributed by atoms with Gasteiger partial charge in [-0.3, -0.25) is 25.0 Å². The molecular formula is C15H13N3O5. The predicted octanol–water partition coefficient (Wildman–Crippen LogP) is 3.09. The molecule has 0 radical (unpaired) electrons. The molecule has 1 heterocycles. The summed E-state index contributed by atoms with van der Waals surface area (Å²) in [5.74, 6) is -0.0992. The minimum absolute atomic E-state index is 0.0992. The number of hydrogen-bond donors (Lipinski definition) is 0. The van der Waals surface area contributed by atoms with Gasteiger partial charge in [-0.25, -0.2) is 0 Å². The van der Waals surface area contributed by atoms with E-state index in [-0.39, 0.29) is 22.5 Å². The molecule has 1 aliphatic carbocycles. The molecule has 3 rings (SSSR count). The summed E-state index contributed by atoms with van der Waals surface area (Å²) in [6.45, 7) is 1.44. The van der Waals surface area contributed by atoms with Gasteiger partial charge in [0.05, 0.1) is 32.5 Å². The molecule has 0 amide bonds. The van der Waals surface area contributed by atoms with Gasteiger partial charge < -0.3 is 4.57 Å². The van der Waals surface area contributed by atoms with E-state index < -0.39 is 15.4 Å². The molecule has 8 heteroatoms. The molecule has 1 saturated carbocycles. The number of carbonyl (C=O) groups is 1. The van der Waals surface area contributed by atoms with Gasteiger partial charge in [-0.2, -0.15) is 0 Å². The smallest absolute Gasteiger partial charge is 0.295 e. The van der Waals surface area contributed by atoms with Crippen molar-refractivity contribution in [2.75, 3.05) is 0 Å². The monoisotopic (exact) mass is 315 g/mol. The number of rotatable bonds is 5. The molecule has 1 aromatic heterocycles. The standard InChI is InChI=1S/C15H13N3O5/c1-10(19)4-5-15(6-7-15)16-9-14(18(22)23)12-8-11(17(20)21)2-3-13(12)16/h2-5,8-9H,6-7H2,1H3/b5-4+. The minimum atomic E-state index is -0.580. The quantitative estimate of drug-likeness (QED) is 0.478. The Kier molecular flexibility index (Phi) is 3.24. The number of hydrogen-bond acceptors (Lipinski definition) is 5. The third kappa shape index (κ3) is 2.48. The Morgan fingerprint density at radius 1 is 1.26 bits per heavy atom. The Labute approximate surface area is 130 Å². The second kappa shape index (κ2) is 5.01. The number of fused-ring (bicyclic) bond motifs is 1. The van der Waals surface area contributed by atoms with E-state index in [9.17, 15) is 25.0 Å². The van der Waals surface area contributed by atoms with Crippen molar-refractivity contribution >= 4 is 28.1 Å². The zero-order chi connectivity index (χ0) is 16.8. The maximum Gasteiger partial charge on any atom is 0.295 e. The normalized spacial score (nSPS) is 15.9. The molecular weight excluding hydrogens is 302 g/mol. The Morgan fingerprint density at radius 2 is 1.96 bits per heavy atom. The summed E-state index contributed by atoms with van der Waals surface area (Å²) >= 11 is 0. The fourth-order valence-corrected chi connectivity index (χ4v) is 2.72. The van der Waals surface area contributed by atoms with E-state index in [4.69, 9.17) is 0 Å². The molecule has 1 aliphatic rings. The molecule has 0 atom stereocenters. The van der Waals surface area contributed by atoms with E-state index in [1.165, 1.54) is 37.4 Å². The SMILES string of the molecule is CC(=O)/C=C/C1(n2cc([N+](=O)[O-])c3cc([N+](=O)[O-])ccc32)CC1. The highest BCUT2D eigenvalue weighted by Crippen LogP contribution is 2.48. The van der Waals surface area contributed by atoms with E-state index in [1.807, 2.05) is 0 Å². The average Bonchev–Trinajstić information content (AvgIpc) is 3.17. The van der Waals surface area contributed by atoms with Crippen LogP contribution in [0.25, 0.3) is 10.9 Å². The fourth-order valence-electron chi connectivity index (χ4n) is 2.72. The lowest BCUT2D eigenvalue weighted by Crippen LogP contribution is -2.13. The van der Waals surface area contributed by atoms with Crippen LogP contribution >= 0.6 is 0 Å². The van der Waals surface area contributed by atoms with E-state index in [1.54, 1.807) is 10.6 Å². The molecule has 0 saturated heterocycles. The molecule has 2 aromatic rings. The van der Waals surface area contributed by atoms with Crippen LogP contribution in [0.5, 0.6) is 0 Å². The van der Waals surface area contributed by atoms with Gasteiger partial charge in [0, 0.05) is 12.1 Å². The number of allylic oxidation sites excluding steroid dienone is 2. The number of nitrogens with zero attached hydrogens (tertiary/aromatic N) is 3. The van der Waals surface area contributed by atoms with E-state index in [0.29, 0.717) is 5.52 Å². The molecule has 0 spiro atoms. The highest BCUT2D eigenvalue weighted by atomic mass is 16.6. The zero-order valence-electron chi connectivity index (χ0n) is 12.3. The van der Waals surface area contributed by atoms with Crippen LogP contribution in [0.3, 0.4) is 0 Å². The first-order chi connectivity index (χ1) is 10.8. The number of nitro benzene ring substituents is 1. The van der Waals surface area contributed by atoms with Crippen LogP contribution in [-0.2, 0) is 10.3 Å². The molecule has 0 N–H and O–H groups in total. The van der Waals surface area contributed by atoms with Crippen LogP contribution in [0.2, 0.25) is 0 Å². The van der Waals surface area contributed by atoms with E-state index in [0.717, 1.165) is 12.8 Å². The van der Waals surface area contributed by atoms with Crippen LogP contribution in [-0.4, -0.2) is 20.2 Å². The third-order valence-electron chi connectivity index (χ3n) is 4.04. The number of nitro groups is 2. The molecule has 1 aromatic carbocycles. The Bertz CT molecular complexity index is 877. The van der Waals surface area contributed by atoms with Crippen LogP contribution in [0.1, 0.15) is 19.8 Å². The first-order valence-electron chi connectivity index (χ1n) is 6.98. The molecule has 0 bridgehead atoms. The van der Waals surface area contributed by atoms with Crippen molar-refractivity contribution in [1.29, 1.82) is 0 Å². The molecule has 118 valence electrons. The topological polar surface area (TPSA) is 108 Å². The first-order valence-corrected chi connectivity index (χ1v) is 6.98. The van der Waals surface area contributed by atoms with Gasteiger partial charge in [0.2, 0.25) is 0 Å². The summed E-state index contributed by atoms with van der Waals surface area (Å²) in [4.78, 5) is 32.2. The lowest BCUT2D eigenvalue weighted by atomic mass is 10.2. The highest BCUT2D eigenvalue weighted by molar-refractivity contribution is 5.92. The highest BCUT2D eigenvalue weighted by Gasteiger charge is 2.44. The average molecular weight is 315 g/mol. The van der Waals surface area contributed by atoms with Gasteiger partial charge in [-0.1, -0.05) is 6.08 Å². The van der Waals surface area contributed by atoms with Crippen LogP contribution < -0.4 is 0 Å². The largest absolute Gasteiger partial charge is 0.331 e. The molecule has 0 aliphatic heterocycles. The Balaban J connectivity index is 2.21. The summed E-state index contributed by atoms with van der Waals surface area (Å²) in [6.07, 6.45) is 6.12. The van der Waals surface area contributed by atoms with Gasteiger partial charge in [-0.05, 0) is 31.9 Å². The van der Waals surface area contributed by atoms with E-state index in [2.05, 4.69) is 0 Å². The Hall–Kier alpha value is -3.03. The van der Waals surface area contributed by atoms with Crippen molar-refractivity contribution in [2.24, 2.45) is 0 Å². The summed E-state index contributed by atoms with van der Waals surface area (Å²) in [5.41, 5.74) is -0.282. The lowest BCUT2D eigenvalue weighted by molar-refractivity contribution is -0.385. The fraction of sp³-hybridized carbons (Fsp3) is 0.267. The lowest BCUT2D eigenvalue weighted by Gasteiger charge is -2.13. The van der Waals surface area contributed by atoms with Crippen molar-refractivity contribution in [3.8, 4) is 0 Å². The summed E-state index contributed by atoms with van der Waals surface area (Å²) in [5, 5.41) is 22.4. The first kappa shape index (κ1) is 14.9. The number of ketones is 1. The van der Waals surface area contributed by atoms with E-state index >= 15 is 0 Å². The van der Waals surface area contributed by atoms with Crippen molar-refractivity contribution in [3.05, 3.63) is 56.8 Å². The molecule has 23 heavy (non-hydrogen) atoms.